The molecule has 0 atom stereocenters. The second-order valence-electron chi connectivity index (χ2n) is 4.14. The summed E-state index contributed by atoms with van der Waals surface area (Å²) in [4.78, 5) is 0. The van der Waals surface area contributed by atoms with Crippen molar-refractivity contribution in [1.82, 2.24) is 0 Å². The minimum absolute atomic E-state index is 1.05. The molecule has 0 N–H and O–H groups in total. The van der Waals surface area contributed by atoms with Crippen molar-refractivity contribution in [3.63, 3.8) is 0 Å². The maximum Gasteiger partial charge on any atom is 0.0327 e. The second kappa shape index (κ2) is 4.77. The maximum absolute atomic E-state index is 3.25. The van der Waals surface area contributed by atoms with Gasteiger partial charge in [-0.3, -0.25) is 0 Å². The Hall–Kier alpha value is -2.52. The van der Waals surface area contributed by atoms with Crippen LogP contribution in [0.3, 0.4) is 0 Å². The van der Waals surface area contributed by atoms with Crippen molar-refractivity contribution >= 4 is 10.8 Å². The van der Waals surface area contributed by atoms with Gasteiger partial charge in [0.25, 0.3) is 0 Å². The van der Waals surface area contributed by atoms with Gasteiger partial charge < -0.3 is 0 Å². The fourth-order valence-corrected chi connectivity index (χ4v) is 2.00. The molecule has 3 rings (SSSR count). The van der Waals surface area contributed by atoms with E-state index in [9.17, 15) is 0 Å². The van der Waals surface area contributed by atoms with Crippen molar-refractivity contribution in [2.24, 2.45) is 0 Å². The Morgan fingerprint density at radius 1 is 0.556 bits per heavy atom. The summed E-state index contributed by atoms with van der Waals surface area (Å²) in [6.45, 7) is 0. The third-order valence-electron chi connectivity index (χ3n) is 2.90. The van der Waals surface area contributed by atoms with E-state index >= 15 is 0 Å². The molecule has 0 radical (unpaired) electrons. The van der Waals surface area contributed by atoms with Gasteiger partial charge in [-0.15, -0.1) is 0 Å². The Bertz CT molecular complexity index is 723. The van der Waals surface area contributed by atoms with Gasteiger partial charge in [0.1, 0.15) is 0 Å². The average Bonchev–Trinajstić information content (AvgIpc) is 2.46. The summed E-state index contributed by atoms with van der Waals surface area (Å²) in [6, 6.07) is 24.6. The lowest BCUT2D eigenvalue weighted by molar-refractivity contribution is 1.64. The number of hydrogen-bond acceptors (Lipinski definition) is 0. The van der Waals surface area contributed by atoms with E-state index in [-0.39, 0.29) is 0 Å². The van der Waals surface area contributed by atoms with Crippen LogP contribution in [0.15, 0.2) is 72.8 Å². The lowest BCUT2D eigenvalue weighted by Crippen LogP contribution is -1.79. The molecule has 0 saturated carbocycles. The van der Waals surface area contributed by atoms with E-state index < -0.39 is 0 Å². The third kappa shape index (κ3) is 2.12. The first-order valence-electron chi connectivity index (χ1n) is 5.98. The van der Waals surface area contributed by atoms with Gasteiger partial charge in [0.2, 0.25) is 0 Å². The molecular formula is C18H12. The van der Waals surface area contributed by atoms with Crippen LogP contribution < -0.4 is 0 Å². The zero-order valence-electron chi connectivity index (χ0n) is 9.93. The molecule has 18 heavy (non-hydrogen) atoms. The number of rotatable bonds is 0. The smallest absolute Gasteiger partial charge is 0.0327 e. The Morgan fingerprint density at radius 2 is 1.28 bits per heavy atom. The van der Waals surface area contributed by atoms with Crippen molar-refractivity contribution in [2.75, 3.05) is 0 Å². The van der Waals surface area contributed by atoms with Crippen molar-refractivity contribution < 1.29 is 0 Å². The van der Waals surface area contributed by atoms with Crippen LogP contribution in [0.2, 0.25) is 0 Å². The fraction of sp³-hybridized carbons (Fsp3) is 0. The van der Waals surface area contributed by atoms with Crippen LogP contribution in [0.25, 0.3) is 10.8 Å². The minimum Gasteiger partial charge on any atom is -0.0622 e. The van der Waals surface area contributed by atoms with Gasteiger partial charge in [0.15, 0.2) is 0 Å². The summed E-state index contributed by atoms with van der Waals surface area (Å²) in [5.41, 5.74) is 2.13. The molecule has 3 aromatic carbocycles. The van der Waals surface area contributed by atoms with Gasteiger partial charge in [-0.25, -0.2) is 0 Å². The van der Waals surface area contributed by atoms with E-state index in [1.807, 2.05) is 30.3 Å². The van der Waals surface area contributed by atoms with Crippen molar-refractivity contribution in [1.29, 1.82) is 0 Å². The molecule has 0 bridgehead atoms. The molecule has 0 nitrogen and oxygen atoms in total. The summed E-state index contributed by atoms with van der Waals surface area (Å²) < 4.78 is 0. The van der Waals surface area contributed by atoms with Crippen LogP contribution in [-0.2, 0) is 0 Å². The molecule has 0 aliphatic carbocycles. The largest absolute Gasteiger partial charge is 0.0622 e. The van der Waals surface area contributed by atoms with Gasteiger partial charge in [-0.1, -0.05) is 66.4 Å². The highest BCUT2D eigenvalue weighted by molar-refractivity contribution is 5.88. The monoisotopic (exact) mass is 228 g/mol. The standard InChI is InChI=1S/C18H12/c1-2-7-15(8-3-1)13-14-17-11-6-10-16-9-4-5-12-18(16)17/h1-12H. The quantitative estimate of drug-likeness (QED) is 0.505. The van der Waals surface area contributed by atoms with Crippen LogP contribution in [0.5, 0.6) is 0 Å². The Kier molecular flexibility index (Phi) is 2.82. The summed E-state index contributed by atoms with van der Waals surface area (Å²) in [6.07, 6.45) is 0. The van der Waals surface area contributed by atoms with E-state index in [1.54, 1.807) is 0 Å². The predicted molar refractivity (Wildman–Crippen MR) is 76.4 cm³/mol. The van der Waals surface area contributed by atoms with Crippen LogP contribution in [0.4, 0.5) is 0 Å². The lowest BCUT2D eigenvalue weighted by atomic mass is 10.0. The highest BCUT2D eigenvalue weighted by atomic mass is 14.0. The average molecular weight is 228 g/mol. The van der Waals surface area contributed by atoms with Gasteiger partial charge in [0, 0.05) is 11.1 Å². The molecule has 0 amide bonds. The van der Waals surface area contributed by atoms with Gasteiger partial charge in [-0.2, -0.15) is 0 Å². The molecule has 0 aromatic heterocycles. The lowest BCUT2D eigenvalue weighted by Gasteiger charge is -1.99. The minimum atomic E-state index is 1.05. The summed E-state index contributed by atoms with van der Waals surface area (Å²) in [5.74, 6) is 6.46. The topological polar surface area (TPSA) is 0 Å². The highest BCUT2D eigenvalue weighted by Gasteiger charge is 1.95. The van der Waals surface area contributed by atoms with E-state index in [1.165, 1.54) is 10.8 Å². The van der Waals surface area contributed by atoms with E-state index in [2.05, 4.69) is 54.3 Å². The van der Waals surface area contributed by atoms with E-state index in [4.69, 9.17) is 0 Å². The zero-order chi connectivity index (χ0) is 12.2. The first-order chi connectivity index (χ1) is 8.93. The Morgan fingerprint density at radius 3 is 2.17 bits per heavy atom. The van der Waals surface area contributed by atoms with Gasteiger partial charge in [0.05, 0.1) is 0 Å². The third-order valence-corrected chi connectivity index (χ3v) is 2.90. The van der Waals surface area contributed by atoms with Crippen LogP contribution in [0.1, 0.15) is 11.1 Å². The van der Waals surface area contributed by atoms with Crippen LogP contribution in [0, 0.1) is 11.8 Å². The normalized spacial score (nSPS) is 9.78. The number of benzene rings is 3. The maximum atomic E-state index is 3.25. The van der Waals surface area contributed by atoms with E-state index in [0.29, 0.717) is 0 Å². The zero-order valence-corrected chi connectivity index (χ0v) is 9.93. The van der Waals surface area contributed by atoms with Crippen LogP contribution in [-0.4, -0.2) is 0 Å². The molecule has 84 valence electrons. The SMILES string of the molecule is C(#Cc1cccc2ccccc12)c1ccccc1. The van der Waals surface area contributed by atoms with Gasteiger partial charge in [-0.05, 0) is 29.0 Å². The van der Waals surface area contributed by atoms with Crippen molar-refractivity contribution in [3.8, 4) is 11.8 Å². The second-order valence-corrected chi connectivity index (χ2v) is 4.14. The van der Waals surface area contributed by atoms with E-state index in [0.717, 1.165) is 11.1 Å². The molecule has 0 heteroatoms. The summed E-state index contributed by atoms with van der Waals surface area (Å²) in [5, 5.41) is 2.45. The molecule has 0 fully saturated rings. The molecule has 3 aromatic rings. The predicted octanol–water partition coefficient (Wildman–Crippen LogP) is 4.24. The summed E-state index contributed by atoms with van der Waals surface area (Å²) >= 11 is 0. The van der Waals surface area contributed by atoms with Crippen molar-refractivity contribution in [2.45, 2.75) is 0 Å². The molecule has 0 saturated heterocycles. The number of fused-ring (bicyclic) bond motifs is 1. The molecule has 0 aliphatic rings. The molecule has 0 heterocycles. The Labute approximate surface area is 107 Å². The first-order valence-corrected chi connectivity index (χ1v) is 5.98. The highest BCUT2D eigenvalue weighted by Crippen LogP contribution is 2.17. The van der Waals surface area contributed by atoms with Gasteiger partial charge >= 0.3 is 0 Å². The number of hydrogen-bond donors (Lipinski definition) is 0. The molecule has 0 spiro atoms. The fourth-order valence-electron chi connectivity index (χ4n) is 2.00. The molecular weight excluding hydrogens is 216 g/mol. The first kappa shape index (κ1) is 10.6. The molecule has 0 aliphatic heterocycles. The molecule has 0 unspecified atom stereocenters. The van der Waals surface area contributed by atoms with Crippen molar-refractivity contribution in [3.05, 3.63) is 83.9 Å². The summed E-state index contributed by atoms with van der Waals surface area (Å²) in [7, 11) is 0. The van der Waals surface area contributed by atoms with Crippen LogP contribution >= 0.6 is 0 Å². The Balaban J connectivity index is 2.09.